The standard InChI is InChI=1S/C28H33N3O4/c1-27(2,3)24-14-18-13-20(8-9-21(18)31(24)16-25(32)29(4)5)30(6)26(33)28(11-12-28)19-7-10-22-23(15-19)35-17-34-22/h7-10,13-15H,11-12,16-17H2,1-6H3. The van der Waals surface area contributed by atoms with E-state index >= 15 is 0 Å². The van der Waals surface area contributed by atoms with Gasteiger partial charge in [-0.3, -0.25) is 9.59 Å². The van der Waals surface area contributed by atoms with Crippen molar-refractivity contribution in [2.24, 2.45) is 0 Å². The maximum absolute atomic E-state index is 13.7. The van der Waals surface area contributed by atoms with Gasteiger partial charge in [0, 0.05) is 48.8 Å². The van der Waals surface area contributed by atoms with Crippen LogP contribution in [0.4, 0.5) is 5.69 Å². The number of likely N-dealkylation sites (N-methyl/N-ethyl adjacent to an activating group) is 2. The number of carbonyl (C=O) groups is 2. The van der Waals surface area contributed by atoms with Crippen molar-refractivity contribution in [1.82, 2.24) is 9.47 Å². The van der Waals surface area contributed by atoms with E-state index in [0.29, 0.717) is 5.75 Å². The molecular formula is C28H33N3O4. The monoisotopic (exact) mass is 475 g/mol. The van der Waals surface area contributed by atoms with Gasteiger partial charge in [0.15, 0.2) is 11.5 Å². The normalized spacial score (nSPS) is 15.8. The van der Waals surface area contributed by atoms with Crippen LogP contribution in [0.2, 0.25) is 0 Å². The molecule has 0 bridgehead atoms. The summed E-state index contributed by atoms with van der Waals surface area (Å²) in [6.07, 6.45) is 1.63. The lowest BCUT2D eigenvalue weighted by molar-refractivity contribution is -0.129. The van der Waals surface area contributed by atoms with Crippen LogP contribution in [0, 0.1) is 0 Å². The van der Waals surface area contributed by atoms with Gasteiger partial charge in [0.05, 0.1) is 5.41 Å². The molecule has 2 amide bonds. The molecule has 1 aliphatic heterocycles. The molecule has 184 valence electrons. The summed E-state index contributed by atoms with van der Waals surface area (Å²) >= 11 is 0. The average molecular weight is 476 g/mol. The molecule has 0 atom stereocenters. The second-order valence-corrected chi connectivity index (χ2v) is 10.9. The van der Waals surface area contributed by atoms with Crippen molar-refractivity contribution in [2.45, 2.75) is 51.0 Å². The van der Waals surface area contributed by atoms with Gasteiger partial charge in [-0.25, -0.2) is 0 Å². The minimum absolute atomic E-state index is 0.0452. The van der Waals surface area contributed by atoms with E-state index in [9.17, 15) is 9.59 Å². The molecule has 7 nitrogen and oxygen atoms in total. The topological polar surface area (TPSA) is 64.0 Å². The minimum Gasteiger partial charge on any atom is -0.454 e. The van der Waals surface area contributed by atoms with E-state index in [1.807, 2.05) is 37.4 Å². The van der Waals surface area contributed by atoms with Crippen LogP contribution in [0.1, 0.15) is 44.9 Å². The lowest BCUT2D eigenvalue weighted by Crippen LogP contribution is -2.36. The van der Waals surface area contributed by atoms with Crippen LogP contribution in [0.25, 0.3) is 10.9 Å². The van der Waals surface area contributed by atoms with Gasteiger partial charge < -0.3 is 23.8 Å². The van der Waals surface area contributed by atoms with Crippen molar-refractivity contribution in [3.63, 3.8) is 0 Å². The molecule has 1 aromatic heterocycles. The largest absolute Gasteiger partial charge is 0.454 e. The Bertz CT molecular complexity index is 1330. The number of fused-ring (bicyclic) bond motifs is 2. The van der Waals surface area contributed by atoms with Gasteiger partial charge in [0.1, 0.15) is 6.54 Å². The number of hydrogen-bond donors (Lipinski definition) is 0. The number of hydrogen-bond acceptors (Lipinski definition) is 4. The van der Waals surface area contributed by atoms with Gasteiger partial charge in [-0.05, 0) is 54.8 Å². The van der Waals surface area contributed by atoms with E-state index in [0.717, 1.165) is 46.4 Å². The highest BCUT2D eigenvalue weighted by Gasteiger charge is 2.53. The van der Waals surface area contributed by atoms with E-state index in [-0.39, 0.29) is 30.6 Å². The summed E-state index contributed by atoms with van der Waals surface area (Å²) in [5.74, 6) is 1.55. The smallest absolute Gasteiger partial charge is 0.242 e. The minimum atomic E-state index is -0.523. The van der Waals surface area contributed by atoms with Crippen LogP contribution < -0.4 is 14.4 Å². The van der Waals surface area contributed by atoms with Crippen molar-refractivity contribution in [1.29, 1.82) is 0 Å². The molecule has 2 aliphatic rings. The molecule has 0 unspecified atom stereocenters. The molecular weight excluding hydrogens is 442 g/mol. The molecule has 0 saturated heterocycles. The molecule has 0 spiro atoms. The van der Waals surface area contributed by atoms with Gasteiger partial charge in [0.2, 0.25) is 18.6 Å². The Morgan fingerprint density at radius 3 is 2.34 bits per heavy atom. The van der Waals surface area contributed by atoms with Crippen LogP contribution in [0.3, 0.4) is 0 Å². The average Bonchev–Trinajstić information content (AvgIpc) is 3.34. The SMILES string of the molecule is CN(C)C(=O)Cn1c(C(C)(C)C)cc2cc(N(C)C(=O)C3(c4ccc5c(c4)OCO5)CC3)ccc21. The van der Waals surface area contributed by atoms with Crippen molar-refractivity contribution in [3.05, 3.63) is 53.7 Å². The number of ether oxygens (including phenoxy) is 2. The number of aromatic nitrogens is 1. The van der Waals surface area contributed by atoms with Crippen LogP contribution in [-0.2, 0) is 27.0 Å². The molecule has 1 fully saturated rings. The molecule has 2 aromatic carbocycles. The van der Waals surface area contributed by atoms with Crippen LogP contribution in [0.5, 0.6) is 11.5 Å². The van der Waals surface area contributed by atoms with Gasteiger partial charge in [-0.1, -0.05) is 26.8 Å². The Morgan fingerprint density at radius 1 is 0.971 bits per heavy atom. The summed E-state index contributed by atoms with van der Waals surface area (Å²) in [5, 5.41) is 1.02. The highest BCUT2D eigenvalue weighted by Crippen LogP contribution is 2.52. The van der Waals surface area contributed by atoms with Gasteiger partial charge in [-0.2, -0.15) is 0 Å². The zero-order valence-electron chi connectivity index (χ0n) is 21.3. The first-order valence-corrected chi connectivity index (χ1v) is 12.0. The van der Waals surface area contributed by atoms with Gasteiger partial charge in [0.25, 0.3) is 0 Å². The van der Waals surface area contributed by atoms with Crippen LogP contribution in [0.15, 0.2) is 42.5 Å². The summed E-state index contributed by atoms with van der Waals surface area (Å²) in [4.78, 5) is 29.6. The third kappa shape index (κ3) is 3.93. The summed E-state index contributed by atoms with van der Waals surface area (Å²) in [5.41, 5.74) is 3.24. The second-order valence-electron chi connectivity index (χ2n) is 10.9. The van der Waals surface area contributed by atoms with E-state index in [1.165, 1.54) is 0 Å². The van der Waals surface area contributed by atoms with Crippen molar-refractivity contribution in [2.75, 3.05) is 32.8 Å². The quantitative estimate of drug-likeness (QED) is 0.547. The molecule has 1 aliphatic carbocycles. The first-order chi connectivity index (χ1) is 16.5. The molecule has 0 radical (unpaired) electrons. The molecule has 35 heavy (non-hydrogen) atoms. The van der Waals surface area contributed by atoms with Crippen LogP contribution in [-0.4, -0.2) is 49.2 Å². The number of anilines is 1. The summed E-state index contributed by atoms with van der Waals surface area (Å²) < 4.78 is 13.1. The highest BCUT2D eigenvalue weighted by molar-refractivity contribution is 6.04. The molecule has 1 saturated carbocycles. The Kier molecular flexibility index (Phi) is 5.34. The Hall–Kier alpha value is -3.48. The highest BCUT2D eigenvalue weighted by atomic mass is 16.7. The summed E-state index contributed by atoms with van der Waals surface area (Å²) in [6, 6.07) is 14.0. The fourth-order valence-corrected chi connectivity index (χ4v) is 4.92. The number of benzene rings is 2. The first-order valence-electron chi connectivity index (χ1n) is 12.0. The van der Waals surface area contributed by atoms with Gasteiger partial charge >= 0.3 is 0 Å². The molecule has 7 heteroatoms. The van der Waals surface area contributed by atoms with Crippen molar-refractivity contribution >= 4 is 28.4 Å². The number of amides is 2. The third-order valence-corrected chi connectivity index (χ3v) is 7.22. The van der Waals surface area contributed by atoms with Crippen molar-refractivity contribution < 1.29 is 19.1 Å². The fraction of sp³-hybridized carbons (Fsp3) is 0.429. The lowest BCUT2D eigenvalue weighted by Gasteiger charge is -2.24. The predicted octanol–water partition coefficient (Wildman–Crippen LogP) is 4.45. The Morgan fingerprint density at radius 2 is 1.69 bits per heavy atom. The maximum atomic E-state index is 13.7. The maximum Gasteiger partial charge on any atom is 0.242 e. The Labute approximate surface area is 206 Å². The molecule has 2 heterocycles. The second kappa shape index (κ2) is 8.04. The van der Waals surface area contributed by atoms with Crippen molar-refractivity contribution in [3.8, 4) is 11.5 Å². The zero-order valence-corrected chi connectivity index (χ0v) is 21.3. The zero-order chi connectivity index (χ0) is 25.1. The number of carbonyl (C=O) groups excluding carboxylic acids is 2. The number of nitrogens with zero attached hydrogens (tertiary/aromatic N) is 3. The molecule has 3 aromatic rings. The third-order valence-electron chi connectivity index (χ3n) is 7.22. The van der Waals surface area contributed by atoms with E-state index in [4.69, 9.17) is 9.47 Å². The summed E-state index contributed by atoms with van der Waals surface area (Å²) in [6.45, 7) is 6.95. The molecule has 5 rings (SSSR count). The van der Waals surface area contributed by atoms with Gasteiger partial charge in [-0.15, -0.1) is 0 Å². The predicted molar refractivity (Wildman–Crippen MR) is 136 cm³/mol. The fourth-order valence-electron chi connectivity index (χ4n) is 4.92. The first kappa shape index (κ1) is 23.3. The lowest BCUT2D eigenvalue weighted by atomic mass is 9.92. The summed E-state index contributed by atoms with van der Waals surface area (Å²) in [7, 11) is 5.39. The molecule has 0 N–H and O–H groups in total. The van der Waals surface area contributed by atoms with E-state index < -0.39 is 5.41 Å². The van der Waals surface area contributed by atoms with E-state index in [2.05, 4.69) is 37.5 Å². The Balaban J connectivity index is 1.48. The van der Waals surface area contributed by atoms with E-state index in [1.54, 1.807) is 23.9 Å². The van der Waals surface area contributed by atoms with Crippen LogP contribution >= 0.6 is 0 Å². The number of rotatable bonds is 5.